The Morgan fingerprint density at radius 3 is 2.90 bits per heavy atom. The maximum Gasteiger partial charge on any atom is 0.259 e. The number of hydrogen-bond acceptors (Lipinski definition) is 4. The van der Waals surface area contributed by atoms with Gasteiger partial charge < -0.3 is 0 Å². The van der Waals surface area contributed by atoms with E-state index in [0.717, 1.165) is 15.9 Å². The molecule has 1 heterocycles. The van der Waals surface area contributed by atoms with Crippen molar-refractivity contribution >= 4 is 49.9 Å². The number of benzene rings is 1. The van der Waals surface area contributed by atoms with Crippen LogP contribution < -0.4 is 5.32 Å². The molecule has 2 aromatic rings. The number of nitrogens with one attached hydrogen (secondary N) is 1. The van der Waals surface area contributed by atoms with Crippen molar-refractivity contribution in [3.05, 3.63) is 38.3 Å². The second-order valence-corrected chi connectivity index (χ2v) is 7.06. The lowest BCUT2D eigenvalue weighted by Gasteiger charge is -2.04. The summed E-state index contributed by atoms with van der Waals surface area (Å²) in [6, 6.07) is 5.13. The number of halogens is 2. The van der Waals surface area contributed by atoms with Crippen LogP contribution in [0.15, 0.2) is 22.7 Å². The summed E-state index contributed by atoms with van der Waals surface area (Å²) < 4.78 is 0.796. The molecule has 0 unspecified atom stereocenters. The van der Waals surface area contributed by atoms with Crippen LogP contribution in [0.5, 0.6) is 0 Å². The Morgan fingerprint density at radius 1 is 1.45 bits per heavy atom. The zero-order valence-corrected chi connectivity index (χ0v) is 14.1. The Labute approximate surface area is 134 Å². The fourth-order valence-electron chi connectivity index (χ4n) is 1.57. The van der Waals surface area contributed by atoms with Crippen LogP contribution in [0.25, 0.3) is 0 Å². The van der Waals surface area contributed by atoms with Gasteiger partial charge in [-0.1, -0.05) is 52.7 Å². The van der Waals surface area contributed by atoms with Crippen molar-refractivity contribution < 1.29 is 4.79 Å². The van der Waals surface area contributed by atoms with Gasteiger partial charge in [-0.15, -0.1) is 10.2 Å². The molecule has 0 saturated heterocycles. The molecule has 0 saturated carbocycles. The molecule has 0 spiro atoms. The number of carbonyl (C=O) groups excluding carboxylic acids is 1. The maximum atomic E-state index is 12.1. The van der Waals surface area contributed by atoms with Crippen LogP contribution in [0.3, 0.4) is 0 Å². The number of aromatic nitrogens is 2. The Bertz CT molecular complexity index is 630. The normalized spacial score (nSPS) is 10.8. The van der Waals surface area contributed by atoms with Crippen LogP contribution in [0.4, 0.5) is 5.13 Å². The molecule has 0 aliphatic heterocycles. The summed E-state index contributed by atoms with van der Waals surface area (Å²) in [5.74, 6) is 0.217. The predicted molar refractivity (Wildman–Crippen MR) is 85.6 cm³/mol. The molecule has 1 N–H and O–H groups in total. The zero-order valence-electron chi connectivity index (χ0n) is 11.0. The third-order valence-electron chi connectivity index (χ3n) is 2.44. The molecule has 106 valence electrons. The Balaban J connectivity index is 2.11. The minimum atomic E-state index is -0.288. The van der Waals surface area contributed by atoms with Crippen LogP contribution in [-0.4, -0.2) is 16.1 Å². The lowest BCUT2D eigenvalue weighted by Crippen LogP contribution is -2.12. The minimum Gasteiger partial charge on any atom is -0.296 e. The first-order valence-corrected chi connectivity index (χ1v) is 8.03. The van der Waals surface area contributed by atoms with Crippen molar-refractivity contribution in [2.24, 2.45) is 5.92 Å². The molecule has 7 heteroatoms. The van der Waals surface area contributed by atoms with Gasteiger partial charge in [0.1, 0.15) is 5.01 Å². The Kier molecular flexibility index (Phi) is 5.12. The Morgan fingerprint density at radius 2 is 2.20 bits per heavy atom. The Hall–Kier alpha value is -0.980. The van der Waals surface area contributed by atoms with Gasteiger partial charge in [-0.3, -0.25) is 10.1 Å². The van der Waals surface area contributed by atoms with E-state index in [1.54, 1.807) is 18.2 Å². The standard InChI is InChI=1S/C13H13BrClN3OS/c1-7(2)5-11-17-18-13(20-11)16-12(19)9-6-8(14)3-4-10(9)15/h3-4,6-7H,5H2,1-2H3,(H,16,18,19). The highest BCUT2D eigenvalue weighted by molar-refractivity contribution is 9.10. The molecule has 0 radical (unpaired) electrons. The molecule has 2 rings (SSSR count). The van der Waals surface area contributed by atoms with E-state index in [1.807, 2.05) is 0 Å². The predicted octanol–water partition coefficient (Wildman–Crippen LogP) is 4.40. The SMILES string of the molecule is CC(C)Cc1nnc(NC(=O)c2cc(Br)ccc2Cl)s1. The van der Waals surface area contributed by atoms with Crippen molar-refractivity contribution in [3.8, 4) is 0 Å². The second kappa shape index (κ2) is 6.65. The lowest BCUT2D eigenvalue weighted by atomic mass is 10.1. The van der Waals surface area contributed by atoms with E-state index in [2.05, 4.69) is 45.3 Å². The summed E-state index contributed by atoms with van der Waals surface area (Å²) in [4.78, 5) is 12.1. The van der Waals surface area contributed by atoms with Gasteiger partial charge in [-0.2, -0.15) is 0 Å². The highest BCUT2D eigenvalue weighted by atomic mass is 79.9. The number of hydrogen-bond donors (Lipinski definition) is 1. The van der Waals surface area contributed by atoms with Crippen LogP contribution in [0, 0.1) is 5.92 Å². The highest BCUT2D eigenvalue weighted by Gasteiger charge is 2.14. The van der Waals surface area contributed by atoms with Crippen LogP contribution >= 0.6 is 38.9 Å². The van der Waals surface area contributed by atoms with E-state index in [1.165, 1.54) is 11.3 Å². The molecule has 1 amide bonds. The van der Waals surface area contributed by atoms with Gasteiger partial charge >= 0.3 is 0 Å². The number of carbonyl (C=O) groups is 1. The average Bonchev–Trinajstić information content (AvgIpc) is 2.78. The van der Waals surface area contributed by atoms with Crippen molar-refractivity contribution in [1.29, 1.82) is 0 Å². The van der Waals surface area contributed by atoms with E-state index in [-0.39, 0.29) is 5.91 Å². The smallest absolute Gasteiger partial charge is 0.259 e. The topological polar surface area (TPSA) is 54.9 Å². The third-order valence-corrected chi connectivity index (χ3v) is 4.13. The molecule has 20 heavy (non-hydrogen) atoms. The summed E-state index contributed by atoms with van der Waals surface area (Å²) in [5, 5.41) is 12.5. The van der Waals surface area contributed by atoms with Gasteiger partial charge in [0.05, 0.1) is 10.6 Å². The molecule has 1 aromatic heterocycles. The number of rotatable bonds is 4. The lowest BCUT2D eigenvalue weighted by molar-refractivity contribution is 0.102. The molecule has 1 aromatic carbocycles. The van der Waals surface area contributed by atoms with E-state index in [0.29, 0.717) is 21.6 Å². The molecule has 0 aliphatic rings. The van der Waals surface area contributed by atoms with Gasteiger partial charge in [0.15, 0.2) is 0 Å². The average molecular weight is 375 g/mol. The minimum absolute atomic E-state index is 0.288. The van der Waals surface area contributed by atoms with Crippen LogP contribution in [0.2, 0.25) is 5.02 Å². The van der Waals surface area contributed by atoms with Crippen molar-refractivity contribution in [2.45, 2.75) is 20.3 Å². The largest absolute Gasteiger partial charge is 0.296 e. The monoisotopic (exact) mass is 373 g/mol. The van der Waals surface area contributed by atoms with Gasteiger partial charge in [0.2, 0.25) is 5.13 Å². The van der Waals surface area contributed by atoms with E-state index in [9.17, 15) is 4.79 Å². The van der Waals surface area contributed by atoms with Crippen LogP contribution in [-0.2, 0) is 6.42 Å². The zero-order chi connectivity index (χ0) is 14.7. The number of amides is 1. The van der Waals surface area contributed by atoms with E-state index < -0.39 is 0 Å². The van der Waals surface area contributed by atoms with Crippen molar-refractivity contribution in [3.63, 3.8) is 0 Å². The summed E-state index contributed by atoms with van der Waals surface area (Å²) in [5.41, 5.74) is 0.404. The molecular formula is C13H13BrClN3OS. The molecule has 0 aliphatic carbocycles. The maximum absolute atomic E-state index is 12.1. The molecule has 0 bridgehead atoms. The fourth-order valence-corrected chi connectivity index (χ4v) is 3.08. The van der Waals surface area contributed by atoms with Crippen molar-refractivity contribution in [1.82, 2.24) is 10.2 Å². The fraction of sp³-hybridized carbons (Fsp3) is 0.308. The summed E-state index contributed by atoms with van der Waals surface area (Å²) in [7, 11) is 0. The van der Waals surface area contributed by atoms with Gasteiger partial charge in [-0.05, 0) is 24.1 Å². The van der Waals surface area contributed by atoms with Gasteiger partial charge in [0.25, 0.3) is 5.91 Å². The van der Waals surface area contributed by atoms with Gasteiger partial charge in [0, 0.05) is 10.9 Å². The molecule has 0 fully saturated rings. The second-order valence-electron chi connectivity index (χ2n) is 4.68. The summed E-state index contributed by atoms with van der Waals surface area (Å²) >= 11 is 10.7. The molecule has 4 nitrogen and oxygen atoms in total. The van der Waals surface area contributed by atoms with Gasteiger partial charge in [-0.25, -0.2) is 0 Å². The van der Waals surface area contributed by atoms with E-state index >= 15 is 0 Å². The van der Waals surface area contributed by atoms with E-state index in [4.69, 9.17) is 11.6 Å². The number of nitrogens with zero attached hydrogens (tertiary/aromatic N) is 2. The first-order valence-electron chi connectivity index (χ1n) is 6.04. The van der Waals surface area contributed by atoms with Crippen LogP contribution in [0.1, 0.15) is 29.2 Å². The molecule has 0 atom stereocenters. The highest BCUT2D eigenvalue weighted by Crippen LogP contribution is 2.23. The number of anilines is 1. The quantitative estimate of drug-likeness (QED) is 0.862. The first-order chi connectivity index (χ1) is 9.45. The summed E-state index contributed by atoms with van der Waals surface area (Å²) in [6.07, 6.45) is 0.852. The molecular weight excluding hydrogens is 362 g/mol. The third kappa shape index (κ3) is 4.01. The summed E-state index contributed by atoms with van der Waals surface area (Å²) in [6.45, 7) is 4.22. The first kappa shape index (κ1) is 15.4. The van der Waals surface area contributed by atoms with Crippen molar-refractivity contribution in [2.75, 3.05) is 5.32 Å².